The van der Waals surface area contributed by atoms with Gasteiger partial charge in [0.25, 0.3) is 11.5 Å². The van der Waals surface area contributed by atoms with E-state index in [0.717, 1.165) is 10.8 Å². The predicted molar refractivity (Wildman–Crippen MR) is 113 cm³/mol. The number of pyridine rings is 1. The Labute approximate surface area is 176 Å². The van der Waals surface area contributed by atoms with Crippen LogP contribution in [0.1, 0.15) is 23.0 Å². The summed E-state index contributed by atoms with van der Waals surface area (Å²) in [5, 5.41) is 5.24. The molecule has 31 heavy (non-hydrogen) atoms. The summed E-state index contributed by atoms with van der Waals surface area (Å²) in [6.07, 6.45) is 2.65. The van der Waals surface area contributed by atoms with Crippen LogP contribution in [0.3, 0.4) is 0 Å². The van der Waals surface area contributed by atoms with E-state index in [0.29, 0.717) is 30.3 Å². The molecule has 0 atom stereocenters. The number of anilines is 1. The molecular weight excluding hydrogens is 402 g/mol. The highest BCUT2D eigenvalue weighted by molar-refractivity contribution is 6.03. The van der Waals surface area contributed by atoms with E-state index in [-0.39, 0.29) is 18.0 Å². The topological polar surface area (TPSA) is 135 Å². The van der Waals surface area contributed by atoms with Gasteiger partial charge in [0.05, 0.1) is 18.8 Å². The number of hydrogen-bond donors (Lipinski definition) is 3. The van der Waals surface area contributed by atoms with Crippen LogP contribution >= 0.6 is 0 Å². The summed E-state index contributed by atoms with van der Waals surface area (Å²) in [4.78, 5) is 54.7. The number of aromatic nitrogens is 3. The van der Waals surface area contributed by atoms with Gasteiger partial charge in [-0.3, -0.25) is 23.9 Å². The Bertz CT molecular complexity index is 1170. The van der Waals surface area contributed by atoms with Crippen molar-refractivity contribution in [3.63, 3.8) is 0 Å². The van der Waals surface area contributed by atoms with Gasteiger partial charge in [0.2, 0.25) is 5.91 Å². The molecule has 2 amide bonds. The fourth-order valence-electron chi connectivity index (χ4n) is 2.70. The number of ether oxygens (including phenoxy) is 1. The van der Waals surface area contributed by atoms with Gasteiger partial charge in [0, 0.05) is 25.0 Å². The first-order chi connectivity index (χ1) is 14.9. The summed E-state index contributed by atoms with van der Waals surface area (Å²) in [5.74, 6) is -0.233. The van der Waals surface area contributed by atoms with Crippen LogP contribution in [0.4, 0.5) is 5.69 Å². The molecule has 0 spiro atoms. The van der Waals surface area contributed by atoms with E-state index in [1.165, 1.54) is 6.92 Å². The van der Waals surface area contributed by atoms with Crippen molar-refractivity contribution in [2.45, 2.75) is 13.5 Å². The average molecular weight is 423 g/mol. The minimum atomic E-state index is -0.718. The van der Waals surface area contributed by atoms with Crippen molar-refractivity contribution in [2.24, 2.45) is 0 Å². The zero-order chi connectivity index (χ0) is 22.2. The number of nitrogens with one attached hydrogen (secondary N) is 3. The number of benzene rings is 1. The number of hydrogen-bond acceptors (Lipinski definition) is 6. The molecule has 2 heterocycles. The van der Waals surface area contributed by atoms with Crippen LogP contribution in [0.15, 0.2) is 64.4 Å². The number of amides is 2. The van der Waals surface area contributed by atoms with E-state index >= 15 is 0 Å². The molecule has 0 aliphatic heterocycles. The van der Waals surface area contributed by atoms with Gasteiger partial charge >= 0.3 is 5.69 Å². The summed E-state index contributed by atoms with van der Waals surface area (Å²) in [5.41, 5.74) is -0.591. The third-order valence-corrected chi connectivity index (χ3v) is 4.21. The normalized spacial score (nSPS) is 10.4. The fourth-order valence-corrected chi connectivity index (χ4v) is 2.70. The summed E-state index contributed by atoms with van der Waals surface area (Å²) in [7, 11) is 0. The smallest absolute Gasteiger partial charge is 0.328 e. The van der Waals surface area contributed by atoms with Crippen LogP contribution < -0.4 is 26.6 Å². The molecule has 0 unspecified atom stereocenters. The first kappa shape index (κ1) is 21.5. The third kappa shape index (κ3) is 5.89. The van der Waals surface area contributed by atoms with E-state index in [9.17, 15) is 19.2 Å². The molecule has 10 heteroatoms. The molecule has 160 valence electrons. The molecule has 0 radical (unpaired) electrons. The van der Waals surface area contributed by atoms with Crippen LogP contribution in [-0.2, 0) is 11.3 Å². The lowest BCUT2D eigenvalue weighted by atomic mass is 10.2. The minimum absolute atomic E-state index is 0.0549. The van der Waals surface area contributed by atoms with Crippen molar-refractivity contribution in [3.05, 3.63) is 87.0 Å². The SMILES string of the molecule is CC(=O)NCCOc1ccc(NC(=O)c2c[nH]c(=O)n(Cc3ccccn3)c2=O)cc1. The molecule has 0 aliphatic rings. The molecule has 1 aromatic carbocycles. The molecule has 3 rings (SSSR count). The Balaban J connectivity index is 1.68. The first-order valence-electron chi connectivity index (χ1n) is 9.45. The summed E-state index contributed by atoms with van der Waals surface area (Å²) >= 11 is 0. The minimum Gasteiger partial charge on any atom is -0.492 e. The van der Waals surface area contributed by atoms with Crippen molar-refractivity contribution >= 4 is 17.5 Å². The van der Waals surface area contributed by atoms with Gasteiger partial charge < -0.3 is 20.4 Å². The van der Waals surface area contributed by atoms with Crippen LogP contribution in [-0.4, -0.2) is 39.5 Å². The molecule has 3 aromatic rings. The number of carbonyl (C=O) groups is 2. The number of aromatic amines is 1. The highest BCUT2D eigenvalue weighted by atomic mass is 16.5. The number of H-pyrrole nitrogens is 1. The van der Waals surface area contributed by atoms with Crippen LogP contribution in [0.5, 0.6) is 5.75 Å². The van der Waals surface area contributed by atoms with Gasteiger partial charge in [0.15, 0.2) is 0 Å². The number of nitrogens with zero attached hydrogens (tertiary/aromatic N) is 2. The molecule has 0 saturated heterocycles. The Morgan fingerprint density at radius 2 is 1.90 bits per heavy atom. The van der Waals surface area contributed by atoms with E-state index in [2.05, 4.69) is 20.6 Å². The second kappa shape index (κ2) is 10.0. The number of rotatable bonds is 8. The first-order valence-corrected chi connectivity index (χ1v) is 9.45. The van der Waals surface area contributed by atoms with Crippen molar-refractivity contribution in [1.82, 2.24) is 19.9 Å². The monoisotopic (exact) mass is 423 g/mol. The second-order valence-corrected chi connectivity index (χ2v) is 6.53. The lowest BCUT2D eigenvalue weighted by molar-refractivity contribution is -0.119. The van der Waals surface area contributed by atoms with Gasteiger partial charge in [-0.1, -0.05) is 6.07 Å². The Kier molecular flexibility index (Phi) is 6.94. The summed E-state index contributed by atoms with van der Waals surface area (Å²) in [6.45, 7) is 2.05. The second-order valence-electron chi connectivity index (χ2n) is 6.53. The van der Waals surface area contributed by atoms with Gasteiger partial charge in [-0.15, -0.1) is 0 Å². The lowest BCUT2D eigenvalue weighted by Crippen LogP contribution is -2.39. The van der Waals surface area contributed by atoms with E-state index in [1.807, 2.05) is 0 Å². The van der Waals surface area contributed by atoms with Crippen LogP contribution in [0.25, 0.3) is 0 Å². The highest BCUT2D eigenvalue weighted by Crippen LogP contribution is 2.16. The molecular formula is C21H21N5O5. The van der Waals surface area contributed by atoms with Crippen molar-refractivity contribution in [2.75, 3.05) is 18.5 Å². The van der Waals surface area contributed by atoms with Gasteiger partial charge in [-0.05, 0) is 36.4 Å². The van der Waals surface area contributed by atoms with Gasteiger partial charge in [-0.25, -0.2) is 4.79 Å². The molecule has 10 nitrogen and oxygen atoms in total. The Morgan fingerprint density at radius 1 is 1.13 bits per heavy atom. The Morgan fingerprint density at radius 3 is 2.58 bits per heavy atom. The van der Waals surface area contributed by atoms with Crippen molar-refractivity contribution < 1.29 is 14.3 Å². The zero-order valence-electron chi connectivity index (χ0n) is 16.8. The molecule has 3 N–H and O–H groups in total. The van der Waals surface area contributed by atoms with Gasteiger partial charge in [-0.2, -0.15) is 0 Å². The average Bonchev–Trinajstić information content (AvgIpc) is 2.76. The maximum Gasteiger partial charge on any atom is 0.328 e. The molecule has 0 fully saturated rings. The predicted octanol–water partition coefficient (Wildman–Crippen LogP) is 0.747. The Hall–Kier alpha value is -4.21. The summed E-state index contributed by atoms with van der Waals surface area (Å²) in [6, 6.07) is 11.7. The van der Waals surface area contributed by atoms with Crippen LogP contribution in [0.2, 0.25) is 0 Å². The van der Waals surface area contributed by atoms with E-state index in [1.54, 1.807) is 48.7 Å². The molecule has 0 bridgehead atoms. The maximum atomic E-state index is 12.7. The van der Waals surface area contributed by atoms with Crippen molar-refractivity contribution in [1.29, 1.82) is 0 Å². The summed E-state index contributed by atoms with van der Waals surface area (Å²) < 4.78 is 6.40. The number of carbonyl (C=O) groups excluding carboxylic acids is 2. The highest BCUT2D eigenvalue weighted by Gasteiger charge is 2.15. The third-order valence-electron chi connectivity index (χ3n) is 4.21. The van der Waals surface area contributed by atoms with E-state index in [4.69, 9.17) is 4.74 Å². The van der Waals surface area contributed by atoms with Gasteiger partial charge in [0.1, 0.15) is 17.9 Å². The van der Waals surface area contributed by atoms with Crippen molar-refractivity contribution in [3.8, 4) is 5.75 Å². The standard InChI is InChI=1S/C21H21N5O5/c1-14(27)22-10-11-31-17-7-5-15(6-8-17)25-19(28)18-12-24-21(30)26(20(18)29)13-16-4-2-3-9-23-16/h2-9,12H,10-11,13H2,1H3,(H,22,27)(H,24,30)(H,25,28). The molecule has 0 aliphatic carbocycles. The molecule has 0 saturated carbocycles. The fraction of sp³-hybridized carbons (Fsp3) is 0.190. The van der Waals surface area contributed by atoms with Crippen LogP contribution in [0, 0.1) is 0 Å². The molecule has 2 aromatic heterocycles. The lowest BCUT2D eigenvalue weighted by Gasteiger charge is -2.09. The van der Waals surface area contributed by atoms with E-state index < -0.39 is 17.2 Å². The zero-order valence-corrected chi connectivity index (χ0v) is 16.8. The largest absolute Gasteiger partial charge is 0.492 e. The maximum absolute atomic E-state index is 12.7. The quantitative estimate of drug-likeness (QED) is 0.458.